The summed E-state index contributed by atoms with van der Waals surface area (Å²) in [5, 5.41) is 26.3. The van der Waals surface area contributed by atoms with Gasteiger partial charge in [0.05, 0.1) is 13.2 Å². The van der Waals surface area contributed by atoms with Crippen LogP contribution >= 0.6 is 0 Å². The Labute approximate surface area is 122 Å². The number of aliphatic carboxylic acids is 1. The summed E-state index contributed by atoms with van der Waals surface area (Å²) in [6.45, 7) is -1.08. The van der Waals surface area contributed by atoms with E-state index < -0.39 is 16.0 Å². The molecule has 21 heavy (non-hydrogen) atoms. The molecule has 1 aromatic rings. The molecular formula is C12H16N2O6S. The van der Waals surface area contributed by atoms with Crippen LogP contribution in [0.25, 0.3) is 6.08 Å². The number of hydrogen-bond donors (Lipinski definition) is 3. The second-order valence-corrected chi connectivity index (χ2v) is 5.91. The summed E-state index contributed by atoms with van der Waals surface area (Å²) >= 11 is 0. The Kier molecular flexibility index (Phi) is 6.43. The van der Waals surface area contributed by atoms with Gasteiger partial charge < -0.3 is 15.3 Å². The summed E-state index contributed by atoms with van der Waals surface area (Å²) in [6, 6.07) is 1.27. The van der Waals surface area contributed by atoms with E-state index >= 15 is 0 Å². The minimum absolute atomic E-state index is 0.142. The second kappa shape index (κ2) is 7.84. The van der Waals surface area contributed by atoms with E-state index in [1.165, 1.54) is 18.3 Å². The van der Waals surface area contributed by atoms with Crippen molar-refractivity contribution in [1.29, 1.82) is 0 Å². The van der Waals surface area contributed by atoms with E-state index in [4.69, 9.17) is 15.3 Å². The van der Waals surface area contributed by atoms with Crippen LogP contribution in [0.4, 0.5) is 0 Å². The highest BCUT2D eigenvalue weighted by Crippen LogP contribution is 2.16. The average molecular weight is 316 g/mol. The van der Waals surface area contributed by atoms with E-state index in [1.54, 1.807) is 0 Å². The number of carboxylic acid groups (broad SMARTS) is 1. The Morgan fingerprint density at radius 3 is 2.38 bits per heavy atom. The van der Waals surface area contributed by atoms with Crippen LogP contribution in [-0.4, -0.2) is 65.3 Å². The zero-order valence-electron chi connectivity index (χ0n) is 11.1. The lowest BCUT2D eigenvalue weighted by Crippen LogP contribution is -2.35. The van der Waals surface area contributed by atoms with Crippen LogP contribution in [0.5, 0.6) is 0 Å². The highest BCUT2D eigenvalue weighted by Gasteiger charge is 2.24. The molecule has 0 bridgehead atoms. The number of aliphatic hydroxyl groups excluding tert-OH is 2. The predicted molar refractivity (Wildman–Crippen MR) is 73.8 cm³/mol. The van der Waals surface area contributed by atoms with Gasteiger partial charge in [-0.15, -0.1) is 0 Å². The standard InChI is InChI=1S/C12H16N2O6S/c15-5-3-14(4-6-16)21(19,20)11-7-10(8-13-9-11)1-2-12(17)18/h1-2,7-9,15-16H,3-6H2,(H,17,18). The van der Waals surface area contributed by atoms with Crippen molar-refractivity contribution in [3.63, 3.8) is 0 Å². The van der Waals surface area contributed by atoms with Crippen molar-refractivity contribution >= 4 is 22.1 Å². The van der Waals surface area contributed by atoms with E-state index in [9.17, 15) is 13.2 Å². The molecule has 0 unspecified atom stereocenters. The van der Waals surface area contributed by atoms with Crippen molar-refractivity contribution in [2.45, 2.75) is 4.90 Å². The van der Waals surface area contributed by atoms with Crippen molar-refractivity contribution in [3.05, 3.63) is 30.1 Å². The summed E-state index contributed by atoms with van der Waals surface area (Å²) < 4.78 is 25.6. The molecule has 116 valence electrons. The van der Waals surface area contributed by atoms with Crippen LogP contribution in [-0.2, 0) is 14.8 Å². The third-order valence-electron chi connectivity index (χ3n) is 2.49. The van der Waals surface area contributed by atoms with Crippen molar-refractivity contribution in [1.82, 2.24) is 9.29 Å². The molecule has 1 aromatic heterocycles. The third-order valence-corrected chi connectivity index (χ3v) is 4.35. The van der Waals surface area contributed by atoms with E-state index in [0.717, 1.165) is 16.6 Å². The molecule has 0 aliphatic carbocycles. The molecule has 0 aliphatic heterocycles. The zero-order valence-corrected chi connectivity index (χ0v) is 11.9. The first-order valence-electron chi connectivity index (χ1n) is 5.99. The van der Waals surface area contributed by atoms with Gasteiger partial charge in [0.25, 0.3) is 0 Å². The number of carboxylic acids is 1. The van der Waals surface area contributed by atoms with E-state index in [-0.39, 0.29) is 31.2 Å². The van der Waals surface area contributed by atoms with Gasteiger partial charge in [-0.1, -0.05) is 0 Å². The zero-order chi connectivity index (χ0) is 15.9. The van der Waals surface area contributed by atoms with Gasteiger partial charge in [-0.2, -0.15) is 4.31 Å². The minimum Gasteiger partial charge on any atom is -0.478 e. The number of rotatable bonds is 8. The molecule has 1 heterocycles. The average Bonchev–Trinajstić information content (AvgIpc) is 2.45. The van der Waals surface area contributed by atoms with Crippen LogP contribution < -0.4 is 0 Å². The Bertz CT molecular complexity index is 608. The SMILES string of the molecule is O=C(O)C=Cc1cncc(S(=O)(=O)N(CCO)CCO)c1. The lowest BCUT2D eigenvalue weighted by atomic mass is 10.2. The Balaban J connectivity index is 3.12. The van der Waals surface area contributed by atoms with Gasteiger partial charge in [0.15, 0.2) is 0 Å². The molecule has 0 radical (unpaired) electrons. The Morgan fingerprint density at radius 1 is 1.24 bits per heavy atom. The first-order chi connectivity index (χ1) is 9.91. The predicted octanol–water partition coefficient (Wildman–Crippen LogP) is -0.845. The quantitative estimate of drug-likeness (QED) is 0.533. The number of aliphatic hydroxyl groups is 2. The number of carbonyl (C=O) groups is 1. The molecule has 0 atom stereocenters. The van der Waals surface area contributed by atoms with Gasteiger partial charge in [0.1, 0.15) is 4.90 Å². The van der Waals surface area contributed by atoms with Gasteiger partial charge in [-0.25, -0.2) is 13.2 Å². The largest absolute Gasteiger partial charge is 0.478 e. The van der Waals surface area contributed by atoms with Crippen LogP contribution in [0.15, 0.2) is 29.4 Å². The summed E-state index contributed by atoms with van der Waals surface area (Å²) in [5.41, 5.74) is 0.312. The summed E-state index contributed by atoms with van der Waals surface area (Å²) in [7, 11) is -3.92. The third kappa shape index (κ3) is 4.90. The maximum absolute atomic E-state index is 12.3. The maximum atomic E-state index is 12.3. The molecule has 0 amide bonds. The van der Waals surface area contributed by atoms with E-state index in [1.807, 2.05) is 0 Å². The number of nitrogens with zero attached hydrogens (tertiary/aromatic N) is 2. The Morgan fingerprint density at radius 2 is 1.86 bits per heavy atom. The van der Waals surface area contributed by atoms with Crippen LogP contribution in [0.3, 0.4) is 0 Å². The van der Waals surface area contributed by atoms with Crippen molar-refractivity contribution in [2.24, 2.45) is 0 Å². The molecule has 0 fully saturated rings. The molecule has 0 aromatic carbocycles. The lowest BCUT2D eigenvalue weighted by molar-refractivity contribution is -0.131. The van der Waals surface area contributed by atoms with E-state index in [2.05, 4.69) is 4.98 Å². The van der Waals surface area contributed by atoms with E-state index in [0.29, 0.717) is 5.56 Å². The first kappa shape index (κ1) is 17.2. The molecule has 9 heteroatoms. The highest BCUT2D eigenvalue weighted by molar-refractivity contribution is 7.89. The summed E-state index contributed by atoms with van der Waals surface area (Å²) in [5.74, 6) is -1.16. The molecule has 3 N–H and O–H groups in total. The molecule has 0 saturated heterocycles. The normalized spacial score (nSPS) is 12.1. The fraction of sp³-hybridized carbons (Fsp3) is 0.333. The van der Waals surface area contributed by atoms with Crippen molar-refractivity contribution in [3.8, 4) is 0 Å². The monoisotopic (exact) mass is 316 g/mol. The number of hydrogen-bond acceptors (Lipinski definition) is 6. The van der Waals surface area contributed by atoms with Crippen LogP contribution in [0, 0.1) is 0 Å². The molecule has 0 saturated carbocycles. The van der Waals surface area contributed by atoms with Gasteiger partial charge in [-0.05, 0) is 17.7 Å². The van der Waals surface area contributed by atoms with Gasteiger partial charge >= 0.3 is 5.97 Å². The maximum Gasteiger partial charge on any atom is 0.328 e. The minimum atomic E-state index is -3.92. The van der Waals surface area contributed by atoms with Crippen LogP contribution in [0.1, 0.15) is 5.56 Å². The molecule has 0 spiro atoms. The topological polar surface area (TPSA) is 128 Å². The number of sulfonamides is 1. The first-order valence-corrected chi connectivity index (χ1v) is 7.43. The highest BCUT2D eigenvalue weighted by atomic mass is 32.2. The summed E-state index contributed by atoms with van der Waals surface area (Å²) in [6.07, 6.45) is 4.53. The van der Waals surface area contributed by atoms with Gasteiger partial charge in [0, 0.05) is 31.6 Å². The number of pyridine rings is 1. The van der Waals surface area contributed by atoms with Gasteiger partial charge in [0.2, 0.25) is 10.0 Å². The molecular weight excluding hydrogens is 300 g/mol. The molecule has 0 aliphatic rings. The fourth-order valence-electron chi connectivity index (χ4n) is 1.56. The van der Waals surface area contributed by atoms with Gasteiger partial charge in [-0.3, -0.25) is 4.98 Å². The smallest absolute Gasteiger partial charge is 0.328 e. The lowest BCUT2D eigenvalue weighted by Gasteiger charge is -2.20. The Hall–Kier alpha value is -1.81. The van der Waals surface area contributed by atoms with Crippen molar-refractivity contribution in [2.75, 3.05) is 26.3 Å². The fourth-order valence-corrected chi connectivity index (χ4v) is 2.98. The van der Waals surface area contributed by atoms with Crippen LogP contribution in [0.2, 0.25) is 0 Å². The molecule has 8 nitrogen and oxygen atoms in total. The second-order valence-electron chi connectivity index (χ2n) is 3.98. The van der Waals surface area contributed by atoms with Crippen molar-refractivity contribution < 1.29 is 28.5 Å². The molecule has 1 rings (SSSR count). The summed E-state index contributed by atoms with van der Waals surface area (Å²) in [4.78, 5) is 14.1. The number of aromatic nitrogens is 1.